The Morgan fingerprint density at radius 3 is 3.08 bits per heavy atom. The highest BCUT2D eigenvalue weighted by molar-refractivity contribution is 9.10. The van der Waals surface area contributed by atoms with Crippen molar-refractivity contribution in [3.63, 3.8) is 0 Å². The Hall–Kier alpha value is -0.630. The molecule has 0 radical (unpaired) electrons. The Balaban J connectivity index is 2.37. The third-order valence-electron chi connectivity index (χ3n) is 2.50. The molecule has 1 nitrogen and oxygen atoms in total. The van der Waals surface area contributed by atoms with Crippen molar-refractivity contribution in [3.8, 4) is 0 Å². The van der Waals surface area contributed by atoms with E-state index < -0.39 is 0 Å². The van der Waals surface area contributed by atoms with Crippen LogP contribution in [-0.2, 0) is 4.79 Å². The van der Waals surface area contributed by atoms with E-state index in [1.165, 1.54) is 5.57 Å². The van der Waals surface area contributed by atoms with Crippen LogP contribution in [0.5, 0.6) is 0 Å². The van der Waals surface area contributed by atoms with Gasteiger partial charge in [0, 0.05) is 5.57 Å². The summed E-state index contributed by atoms with van der Waals surface area (Å²) in [4.78, 5) is 11.8. The van der Waals surface area contributed by atoms with Gasteiger partial charge in [-0.1, -0.05) is 40.2 Å². The van der Waals surface area contributed by atoms with Crippen LogP contribution in [0.4, 0.5) is 0 Å². The number of carbonyl (C=O) groups excluding carboxylic acids is 1. The summed E-state index contributed by atoms with van der Waals surface area (Å²) in [5, 5.41) is 0. The van der Waals surface area contributed by atoms with E-state index in [1.54, 1.807) is 0 Å². The molecule has 2 rings (SSSR count). The molecule has 0 N–H and O–H groups in total. The molecule has 2 aliphatic rings. The minimum atomic E-state index is 0.0474. The largest absolute Gasteiger partial charge is 0.293 e. The number of hydrogen-bond acceptors (Lipinski definition) is 1. The summed E-state index contributed by atoms with van der Waals surface area (Å²) in [7, 11) is 0. The normalized spacial score (nSPS) is 27.5. The summed E-state index contributed by atoms with van der Waals surface area (Å²) in [6.45, 7) is 0. The van der Waals surface area contributed by atoms with Gasteiger partial charge in [-0.25, -0.2) is 0 Å². The average molecular weight is 239 g/mol. The molecule has 2 heteroatoms. The minimum Gasteiger partial charge on any atom is -0.293 e. The van der Waals surface area contributed by atoms with Crippen LogP contribution >= 0.6 is 15.9 Å². The van der Waals surface area contributed by atoms with Gasteiger partial charge in [0.2, 0.25) is 0 Å². The van der Waals surface area contributed by atoms with Crippen LogP contribution in [0.1, 0.15) is 19.3 Å². The van der Waals surface area contributed by atoms with Gasteiger partial charge in [0.05, 0.1) is 4.83 Å². The highest BCUT2D eigenvalue weighted by atomic mass is 79.9. The summed E-state index contributed by atoms with van der Waals surface area (Å²) in [5.74, 6) is 0.275. The van der Waals surface area contributed by atoms with E-state index in [2.05, 4.69) is 22.0 Å². The number of hydrogen-bond donors (Lipinski definition) is 0. The maximum Gasteiger partial charge on any atom is 0.173 e. The van der Waals surface area contributed by atoms with E-state index in [4.69, 9.17) is 0 Å². The number of rotatable bonds is 0. The van der Waals surface area contributed by atoms with Gasteiger partial charge in [0.15, 0.2) is 5.78 Å². The fourth-order valence-electron chi connectivity index (χ4n) is 1.76. The molecule has 2 aliphatic carbocycles. The van der Waals surface area contributed by atoms with Gasteiger partial charge in [-0.05, 0) is 24.8 Å². The first kappa shape index (κ1) is 8.95. The van der Waals surface area contributed by atoms with Gasteiger partial charge >= 0.3 is 0 Å². The highest BCUT2D eigenvalue weighted by Gasteiger charge is 2.25. The minimum absolute atomic E-state index is 0.0474. The van der Waals surface area contributed by atoms with Crippen molar-refractivity contribution in [2.24, 2.45) is 0 Å². The number of alkyl halides is 1. The van der Waals surface area contributed by atoms with Crippen LogP contribution in [-0.4, -0.2) is 10.6 Å². The molecule has 0 fully saturated rings. The van der Waals surface area contributed by atoms with Crippen LogP contribution in [0, 0.1) is 0 Å². The molecule has 0 saturated carbocycles. The van der Waals surface area contributed by atoms with Crippen LogP contribution < -0.4 is 0 Å². The van der Waals surface area contributed by atoms with Crippen molar-refractivity contribution in [2.45, 2.75) is 24.1 Å². The first-order chi connectivity index (χ1) is 6.29. The zero-order valence-electron chi connectivity index (χ0n) is 7.29. The summed E-state index contributed by atoms with van der Waals surface area (Å²) >= 11 is 3.41. The fraction of sp³-hybridized carbons (Fsp3) is 0.364. The predicted molar refractivity (Wildman–Crippen MR) is 56.9 cm³/mol. The molecule has 0 amide bonds. The standard InChI is InChI=1S/C11H11BrO/c12-10-7-6-8-4-2-1-3-5-9(8)11(10)13/h1-4,10H,5-7H2. The Bertz CT molecular complexity index is 323. The van der Waals surface area contributed by atoms with Gasteiger partial charge < -0.3 is 0 Å². The first-order valence-corrected chi connectivity index (χ1v) is 5.44. The zero-order valence-corrected chi connectivity index (χ0v) is 8.88. The lowest BCUT2D eigenvalue weighted by atomic mass is 9.89. The topological polar surface area (TPSA) is 17.1 Å². The molecular weight excluding hydrogens is 228 g/mol. The molecule has 1 unspecified atom stereocenters. The molecule has 68 valence electrons. The van der Waals surface area contributed by atoms with Gasteiger partial charge in [-0.15, -0.1) is 0 Å². The second kappa shape index (κ2) is 3.62. The molecular formula is C11H11BrO. The maximum atomic E-state index is 11.7. The monoisotopic (exact) mass is 238 g/mol. The number of ketones is 1. The first-order valence-electron chi connectivity index (χ1n) is 4.52. The van der Waals surface area contributed by atoms with Crippen molar-refractivity contribution < 1.29 is 4.79 Å². The smallest absolute Gasteiger partial charge is 0.173 e. The molecule has 0 aromatic rings. The average Bonchev–Trinajstić information content (AvgIpc) is 2.36. The Morgan fingerprint density at radius 2 is 2.23 bits per heavy atom. The van der Waals surface area contributed by atoms with E-state index >= 15 is 0 Å². The van der Waals surface area contributed by atoms with Crippen molar-refractivity contribution in [3.05, 3.63) is 35.5 Å². The molecule has 0 aliphatic heterocycles. The van der Waals surface area contributed by atoms with Gasteiger partial charge in [0.1, 0.15) is 0 Å². The molecule has 1 atom stereocenters. The Morgan fingerprint density at radius 1 is 1.38 bits per heavy atom. The molecule has 0 bridgehead atoms. The lowest BCUT2D eigenvalue weighted by molar-refractivity contribution is -0.115. The summed E-state index contributed by atoms with van der Waals surface area (Å²) in [6.07, 6.45) is 10.9. The summed E-state index contributed by atoms with van der Waals surface area (Å²) in [6, 6.07) is 0. The third kappa shape index (κ3) is 1.68. The van der Waals surface area contributed by atoms with Crippen molar-refractivity contribution in [1.29, 1.82) is 0 Å². The molecule has 13 heavy (non-hydrogen) atoms. The van der Waals surface area contributed by atoms with E-state index in [1.807, 2.05) is 18.2 Å². The Labute approximate surface area is 86.3 Å². The van der Waals surface area contributed by atoms with Crippen LogP contribution in [0.3, 0.4) is 0 Å². The molecule has 0 saturated heterocycles. The molecule has 0 heterocycles. The van der Waals surface area contributed by atoms with Crippen LogP contribution in [0.15, 0.2) is 35.5 Å². The van der Waals surface area contributed by atoms with Crippen molar-refractivity contribution in [2.75, 3.05) is 0 Å². The zero-order chi connectivity index (χ0) is 9.26. The van der Waals surface area contributed by atoms with Gasteiger partial charge in [0.25, 0.3) is 0 Å². The second-order valence-corrected chi connectivity index (χ2v) is 4.47. The number of carbonyl (C=O) groups is 1. The molecule has 0 aromatic carbocycles. The number of halogens is 1. The predicted octanol–water partition coefficient (Wildman–Crippen LogP) is 2.93. The van der Waals surface area contributed by atoms with Crippen molar-refractivity contribution >= 4 is 21.7 Å². The van der Waals surface area contributed by atoms with Crippen LogP contribution in [0.2, 0.25) is 0 Å². The second-order valence-electron chi connectivity index (χ2n) is 3.37. The lowest BCUT2D eigenvalue weighted by Crippen LogP contribution is -2.21. The van der Waals surface area contributed by atoms with Gasteiger partial charge in [-0.2, -0.15) is 0 Å². The van der Waals surface area contributed by atoms with E-state index in [-0.39, 0.29) is 10.6 Å². The fourth-order valence-corrected chi connectivity index (χ4v) is 2.27. The van der Waals surface area contributed by atoms with Crippen LogP contribution in [0.25, 0.3) is 0 Å². The molecule has 0 aromatic heterocycles. The third-order valence-corrected chi connectivity index (χ3v) is 3.38. The van der Waals surface area contributed by atoms with E-state index in [0.717, 1.165) is 24.8 Å². The van der Waals surface area contributed by atoms with Crippen molar-refractivity contribution in [1.82, 2.24) is 0 Å². The SMILES string of the molecule is O=C1C2=C(C=CC=CC2)CCC1Br. The summed E-state index contributed by atoms with van der Waals surface area (Å²) < 4.78 is 0. The lowest BCUT2D eigenvalue weighted by Gasteiger charge is -2.19. The van der Waals surface area contributed by atoms with Gasteiger partial charge in [-0.3, -0.25) is 4.79 Å². The maximum absolute atomic E-state index is 11.7. The number of allylic oxidation sites excluding steroid dienone is 6. The molecule has 0 spiro atoms. The summed E-state index contributed by atoms with van der Waals surface area (Å²) in [5.41, 5.74) is 2.23. The quantitative estimate of drug-likeness (QED) is 0.594. The Kier molecular flexibility index (Phi) is 2.49. The van der Waals surface area contributed by atoms with E-state index in [0.29, 0.717) is 0 Å². The highest BCUT2D eigenvalue weighted by Crippen LogP contribution is 2.30. The number of Topliss-reactive ketones (excluding diaryl/α,β-unsaturated/α-hetero) is 1. The van der Waals surface area contributed by atoms with E-state index in [9.17, 15) is 4.79 Å².